The van der Waals surface area contributed by atoms with Gasteiger partial charge in [-0.25, -0.2) is 0 Å². The molecular weight excluding hydrogens is 113 g/mol. The van der Waals surface area contributed by atoms with Crippen LogP contribution in [0, 0.1) is 0 Å². The van der Waals surface area contributed by atoms with E-state index in [9.17, 15) is 4.79 Å². The number of nitrogens with two attached hydrogens (primary N) is 1. The maximum absolute atomic E-state index is 10.3. The fourth-order valence-electron chi connectivity index (χ4n) is 0.0929. The van der Waals surface area contributed by atoms with Gasteiger partial charge in [0.2, 0.25) is 0 Å². The summed E-state index contributed by atoms with van der Waals surface area (Å²) >= 11 is 0. The Kier molecular flexibility index (Phi) is 2.10. The third-order valence-electron chi connectivity index (χ3n) is 0.472. The lowest BCUT2D eigenvalue weighted by atomic mass is 10.4. The molecule has 2 N–H and O–H groups in total. The van der Waals surface area contributed by atoms with Gasteiger partial charge in [-0.05, 0) is 6.92 Å². The topological polar surface area (TPSA) is 52.3 Å². The van der Waals surface area contributed by atoms with Crippen molar-refractivity contribution in [2.45, 2.75) is 13.0 Å². The van der Waals surface area contributed by atoms with Crippen molar-refractivity contribution >= 4 is 15.4 Å². The molecule has 0 bridgehead atoms. The molecule has 0 rings (SSSR count). The van der Waals surface area contributed by atoms with Crippen molar-refractivity contribution in [3.8, 4) is 0 Å². The average Bonchev–Trinajstić information content (AvgIpc) is 1.67. The van der Waals surface area contributed by atoms with Gasteiger partial charge in [0.05, 0.1) is 10.7 Å². The highest BCUT2D eigenvalue weighted by Crippen LogP contribution is 1.88. The molecule has 7 heavy (non-hydrogen) atoms. The quantitative estimate of drug-likeness (QED) is 0.510. The molecule has 0 aromatic carbocycles. The molecule has 3 nitrogen and oxygen atoms in total. The standard InChI is InChI=1S/C3H8NO2P/c1-2(4)3(5)6-7/h2H,4,7H2,1H3/t2-/m0/s1/i7D/t2-,7?. The van der Waals surface area contributed by atoms with Gasteiger partial charge in [0.1, 0.15) is 6.04 Å². The third-order valence-corrected chi connectivity index (χ3v) is 0.674. The summed E-state index contributed by atoms with van der Waals surface area (Å²) in [4.78, 5) is 10.3. The summed E-state index contributed by atoms with van der Waals surface area (Å²) < 4.78 is 10.7. The molecule has 0 saturated carbocycles. The summed E-state index contributed by atoms with van der Waals surface area (Å²) in [6.07, 6.45) is 0. The van der Waals surface area contributed by atoms with E-state index in [-0.39, 0.29) is 0 Å². The zero-order valence-electron chi connectivity index (χ0n) is 4.97. The highest BCUT2D eigenvalue weighted by atomic mass is 31.0. The first-order valence-electron chi connectivity index (χ1n) is 2.31. The van der Waals surface area contributed by atoms with Crippen molar-refractivity contribution in [3.63, 3.8) is 0 Å². The molecule has 42 valence electrons. The van der Waals surface area contributed by atoms with E-state index in [0.29, 0.717) is 0 Å². The Balaban J connectivity index is 3.33. The van der Waals surface area contributed by atoms with Crippen molar-refractivity contribution in [2.24, 2.45) is 5.73 Å². The highest BCUT2D eigenvalue weighted by molar-refractivity contribution is 7.10. The SMILES string of the molecule is [2H]POC(=O)[C@H](C)N. The Labute approximate surface area is 45.8 Å². The predicted molar refractivity (Wildman–Crippen MR) is 29.5 cm³/mol. The average molecular weight is 122 g/mol. The molecule has 0 spiro atoms. The fraction of sp³-hybridized carbons (Fsp3) is 0.667. The Hall–Kier alpha value is -0.140. The molecule has 0 aromatic rings. The summed E-state index contributed by atoms with van der Waals surface area (Å²) in [5, 5.41) is 0. The maximum atomic E-state index is 10.3. The van der Waals surface area contributed by atoms with Crippen LogP contribution < -0.4 is 5.73 Å². The van der Waals surface area contributed by atoms with Gasteiger partial charge in [-0.2, -0.15) is 0 Å². The molecular formula is C3H8NO2P. The molecule has 0 aromatic heterocycles. The van der Waals surface area contributed by atoms with Crippen LogP contribution >= 0.6 is 9.41 Å². The molecule has 0 aliphatic rings. The van der Waals surface area contributed by atoms with Crippen LogP contribution in [0.4, 0.5) is 0 Å². The molecule has 1 unspecified atom stereocenters. The van der Waals surface area contributed by atoms with Crippen molar-refractivity contribution < 1.29 is 9.32 Å². The monoisotopic (exact) mass is 122 g/mol. The second-order valence-electron chi connectivity index (χ2n) is 1.21. The van der Waals surface area contributed by atoms with Crippen LogP contribution in [-0.4, -0.2) is 13.3 Å². The van der Waals surface area contributed by atoms with Crippen molar-refractivity contribution in [3.05, 3.63) is 0 Å². The normalized spacial score (nSPS) is 16.6. The first kappa shape index (κ1) is 5.01. The van der Waals surface area contributed by atoms with Gasteiger partial charge in [0, 0.05) is 0 Å². The zero-order valence-corrected chi connectivity index (χ0v) is 4.97. The number of hydrogen-bond donors (Lipinski definition) is 1. The molecule has 0 saturated heterocycles. The Morgan fingerprint density at radius 2 is 2.86 bits per heavy atom. The lowest BCUT2D eigenvalue weighted by Gasteiger charge is -1.98. The van der Waals surface area contributed by atoms with E-state index in [4.69, 9.17) is 7.01 Å². The lowest BCUT2D eigenvalue weighted by molar-refractivity contribution is -0.134. The van der Waals surface area contributed by atoms with Crippen LogP contribution in [0.15, 0.2) is 0 Å². The molecule has 0 fully saturated rings. The van der Waals surface area contributed by atoms with Gasteiger partial charge in [-0.1, -0.05) is 0 Å². The minimum absolute atomic E-state index is 0.515. The van der Waals surface area contributed by atoms with Gasteiger partial charge >= 0.3 is 5.97 Å². The predicted octanol–water partition coefficient (Wildman–Crippen LogP) is -0.333. The van der Waals surface area contributed by atoms with Crippen molar-refractivity contribution in [1.82, 2.24) is 0 Å². The van der Waals surface area contributed by atoms with Crippen LogP contribution in [0.25, 0.3) is 0 Å². The van der Waals surface area contributed by atoms with Crippen LogP contribution in [0.5, 0.6) is 0 Å². The summed E-state index contributed by atoms with van der Waals surface area (Å²) in [7, 11) is -0.549. The van der Waals surface area contributed by atoms with Crippen molar-refractivity contribution in [2.75, 3.05) is 0 Å². The fourth-order valence-corrected chi connectivity index (χ4v) is 0.279. The third kappa shape index (κ3) is 2.54. The summed E-state index contributed by atoms with van der Waals surface area (Å²) in [5.41, 5.74) is 5.07. The largest absolute Gasteiger partial charge is 0.450 e. The van der Waals surface area contributed by atoms with E-state index < -0.39 is 21.4 Å². The van der Waals surface area contributed by atoms with Gasteiger partial charge < -0.3 is 10.3 Å². The van der Waals surface area contributed by atoms with Crippen molar-refractivity contribution in [1.29, 1.82) is 1.28 Å². The van der Waals surface area contributed by atoms with Crippen LogP contribution in [0.2, 0.25) is 0 Å². The Morgan fingerprint density at radius 3 is 3.00 bits per heavy atom. The molecule has 4 heteroatoms. The van der Waals surface area contributed by atoms with Crippen LogP contribution in [0.3, 0.4) is 0 Å². The van der Waals surface area contributed by atoms with E-state index in [1.165, 1.54) is 6.92 Å². The van der Waals surface area contributed by atoms with Gasteiger partial charge in [0.15, 0.2) is 0 Å². The van der Waals surface area contributed by atoms with E-state index in [1.54, 1.807) is 0 Å². The van der Waals surface area contributed by atoms with E-state index in [1.807, 2.05) is 0 Å². The Bertz CT molecular complexity index is 87.4. The van der Waals surface area contributed by atoms with E-state index in [0.717, 1.165) is 0 Å². The number of carbonyl (C=O) groups is 1. The zero-order chi connectivity index (χ0) is 6.57. The smallest absolute Gasteiger partial charge is 0.324 e. The van der Waals surface area contributed by atoms with Gasteiger partial charge in [-0.15, -0.1) is 0 Å². The minimum Gasteiger partial charge on any atom is -0.450 e. The second-order valence-corrected chi connectivity index (χ2v) is 1.41. The van der Waals surface area contributed by atoms with Crippen LogP contribution in [0.1, 0.15) is 6.92 Å². The maximum Gasteiger partial charge on any atom is 0.324 e. The summed E-state index contributed by atoms with van der Waals surface area (Å²) in [6, 6.07) is -0.604. The number of rotatable bonds is 2. The minimum atomic E-state index is -0.604. The Morgan fingerprint density at radius 1 is 2.29 bits per heavy atom. The molecule has 0 aliphatic heterocycles. The molecule has 0 amide bonds. The number of hydrogen-bond acceptors (Lipinski definition) is 3. The van der Waals surface area contributed by atoms with Gasteiger partial charge in [0.25, 0.3) is 0 Å². The first-order chi connectivity index (χ1) is 3.68. The second kappa shape index (κ2) is 2.94. The van der Waals surface area contributed by atoms with E-state index >= 15 is 0 Å². The molecule has 2 atom stereocenters. The number of carbonyl (C=O) groups excluding carboxylic acids is 1. The molecule has 0 radical (unpaired) electrons. The summed E-state index contributed by atoms with van der Waals surface area (Å²) in [5.74, 6) is -0.515. The molecule has 0 heterocycles. The lowest BCUT2D eigenvalue weighted by Crippen LogP contribution is -2.26. The van der Waals surface area contributed by atoms with Crippen LogP contribution in [-0.2, 0) is 9.32 Å². The van der Waals surface area contributed by atoms with Gasteiger partial charge in [-0.3, -0.25) is 4.79 Å². The first-order valence-corrected chi connectivity index (χ1v) is 2.22. The highest BCUT2D eigenvalue weighted by Gasteiger charge is 2.03. The summed E-state index contributed by atoms with van der Waals surface area (Å²) in [6.45, 7) is 1.52. The molecule has 0 aliphatic carbocycles. The van der Waals surface area contributed by atoms with E-state index in [2.05, 4.69) is 4.52 Å².